The molecule has 0 atom stereocenters. The van der Waals surface area contributed by atoms with Gasteiger partial charge < -0.3 is 10.1 Å². The average Bonchev–Trinajstić information content (AvgIpc) is 2.91. The molecule has 21 heavy (non-hydrogen) atoms. The maximum absolute atomic E-state index is 5.71. The number of hydrogen-bond donors (Lipinski definition) is 1. The summed E-state index contributed by atoms with van der Waals surface area (Å²) in [4.78, 5) is 5.61. The number of aryl methyl sites for hydroxylation is 1. The van der Waals surface area contributed by atoms with Crippen molar-refractivity contribution in [3.8, 4) is 5.75 Å². The van der Waals surface area contributed by atoms with Gasteiger partial charge in [-0.25, -0.2) is 4.98 Å². The number of hydrogen-bond acceptors (Lipinski definition) is 4. The van der Waals surface area contributed by atoms with Gasteiger partial charge in [0.2, 0.25) is 0 Å². The van der Waals surface area contributed by atoms with Crippen molar-refractivity contribution in [1.29, 1.82) is 0 Å². The van der Waals surface area contributed by atoms with E-state index in [1.54, 1.807) is 11.3 Å². The largest absolute Gasteiger partial charge is 0.494 e. The lowest BCUT2D eigenvalue weighted by molar-refractivity contribution is 0.306. The molecule has 0 fully saturated rings. The zero-order chi connectivity index (χ0) is 14.9. The van der Waals surface area contributed by atoms with E-state index in [1.165, 1.54) is 23.3 Å². The maximum atomic E-state index is 5.71. The van der Waals surface area contributed by atoms with Crippen LogP contribution in [0.2, 0.25) is 0 Å². The van der Waals surface area contributed by atoms with Gasteiger partial charge in [0.25, 0.3) is 0 Å². The fraction of sp³-hybridized carbons (Fsp3) is 0.471. The van der Waals surface area contributed by atoms with Gasteiger partial charge >= 0.3 is 0 Å². The first-order valence-electron chi connectivity index (χ1n) is 7.61. The van der Waals surface area contributed by atoms with Crippen LogP contribution in [0.3, 0.4) is 0 Å². The lowest BCUT2D eigenvalue weighted by Gasteiger charge is -2.07. The van der Waals surface area contributed by atoms with Crippen molar-refractivity contribution >= 4 is 11.3 Å². The number of aromatic nitrogens is 1. The molecule has 3 nitrogen and oxygen atoms in total. The predicted molar refractivity (Wildman–Crippen MR) is 88.9 cm³/mol. The molecular weight excluding hydrogens is 280 g/mol. The molecule has 1 N–H and O–H groups in total. The Labute approximate surface area is 131 Å². The van der Waals surface area contributed by atoms with Gasteiger partial charge in [-0.1, -0.05) is 31.9 Å². The molecule has 0 unspecified atom stereocenters. The third kappa shape index (κ3) is 5.86. The Balaban J connectivity index is 1.69. The Kier molecular flexibility index (Phi) is 6.70. The number of nitrogens with one attached hydrogen (secondary N) is 1. The summed E-state index contributed by atoms with van der Waals surface area (Å²) < 4.78 is 5.71. The van der Waals surface area contributed by atoms with Gasteiger partial charge in [0, 0.05) is 24.2 Å². The van der Waals surface area contributed by atoms with Crippen molar-refractivity contribution in [1.82, 2.24) is 10.3 Å². The highest BCUT2D eigenvalue weighted by atomic mass is 32.1. The SMILES string of the molecule is CCCCCOc1ccc(CNCc2ncc(C)s2)cc1. The first-order valence-corrected chi connectivity index (χ1v) is 8.43. The molecule has 0 spiro atoms. The van der Waals surface area contributed by atoms with Crippen LogP contribution in [0.15, 0.2) is 30.5 Å². The Bertz CT molecular complexity index is 522. The molecule has 0 saturated carbocycles. The summed E-state index contributed by atoms with van der Waals surface area (Å²) in [5.74, 6) is 0.963. The first-order chi connectivity index (χ1) is 10.3. The van der Waals surface area contributed by atoms with Gasteiger partial charge in [0.05, 0.1) is 6.61 Å². The molecule has 2 rings (SSSR count). The van der Waals surface area contributed by atoms with Crippen LogP contribution in [0.4, 0.5) is 0 Å². The number of benzene rings is 1. The van der Waals surface area contributed by atoms with E-state index in [4.69, 9.17) is 4.74 Å². The molecule has 0 saturated heterocycles. The summed E-state index contributed by atoms with van der Waals surface area (Å²) in [6, 6.07) is 8.34. The molecular formula is C17H24N2OS. The molecule has 0 aliphatic rings. The molecule has 1 aromatic heterocycles. The molecule has 2 aromatic rings. The summed E-state index contributed by atoms with van der Waals surface area (Å²) in [7, 11) is 0. The van der Waals surface area contributed by atoms with Crippen LogP contribution in [0.1, 0.15) is 41.6 Å². The van der Waals surface area contributed by atoms with E-state index >= 15 is 0 Å². The van der Waals surface area contributed by atoms with E-state index < -0.39 is 0 Å². The Morgan fingerprint density at radius 3 is 2.62 bits per heavy atom. The molecule has 0 bridgehead atoms. The standard InChI is InChI=1S/C17H24N2OS/c1-3-4-5-10-20-16-8-6-15(7-9-16)12-18-13-17-19-11-14(2)21-17/h6-9,11,18H,3-5,10,12-13H2,1-2H3. The normalized spacial score (nSPS) is 10.8. The number of nitrogens with zero attached hydrogens (tertiary/aromatic N) is 1. The summed E-state index contributed by atoms with van der Waals surface area (Å²) in [6.45, 7) is 6.78. The lowest BCUT2D eigenvalue weighted by Crippen LogP contribution is -2.12. The molecule has 1 aromatic carbocycles. The van der Waals surface area contributed by atoms with Crippen molar-refractivity contribution in [3.05, 3.63) is 45.9 Å². The van der Waals surface area contributed by atoms with E-state index in [2.05, 4.69) is 48.4 Å². The van der Waals surface area contributed by atoms with E-state index in [0.717, 1.165) is 36.9 Å². The monoisotopic (exact) mass is 304 g/mol. The summed E-state index contributed by atoms with van der Waals surface area (Å²) >= 11 is 1.74. The van der Waals surface area contributed by atoms with Crippen molar-refractivity contribution in [2.75, 3.05) is 6.61 Å². The van der Waals surface area contributed by atoms with Crippen molar-refractivity contribution < 1.29 is 4.74 Å². The minimum atomic E-state index is 0.814. The lowest BCUT2D eigenvalue weighted by atomic mass is 10.2. The molecule has 0 radical (unpaired) electrons. The zero-order valence-electron chi connectivity index (χ0n) is 12.9. The number of rotatable bonds is 9. The molecule has 0 aliphatic carbocycles. The van der Waals surface area contributed by atoms with Gasteiger partial charge in [-0.15, -0.1) is 11.3 Å². The van der Waals surface area contributed by atoms with E-state index in [0.29, 0.717) is 0 Å². The topological polar surface area (TPSA) is 34.1 Å². The minimum absolute atomic E-state index is 0.814. The third-order valence-corrected chi connectivity index (χ3v) is 4.13. The minimum Gasteiger partial charge on any atom is -0.494 e. The first kappa shape index (κ1) is 16.0. The van der Waals surface area contributed by atoms with Gasteiger partial charge in [0.15, 0.2) is 0 Å². The Morgan fingerprint density at radius 1 is 1.14 bits per heavy atom. The van der Waals surface area contributed by atoms with Crippen LogP contribution in [-0.4, -0.2) is 11.6 Å². The zero-order valence-corrected chi connectivity index (χ0v) is 13.7. The van der Waals surface area contributed by atoms with Crippen molar-refractivity contribution in [3.63, 3.8) is 0 Å². The van der Waals surface area contributed by atoms with Crippen LogP contribution >= 0.6 is 11.3 Å². The number of ether oxygens (including phenoxy) is 1. The fourth-order valence-corrected chi connectivity index (χ4v) is 2.80. The highest BCUT2D eigenvalue weighted by Gasteiger charge is 1.99. The van der Waals surface area contributed by atoms with Crippen LogP contribution in [0.25, 0.3) is 0 Å². The van der Waals surface area contributed by atoms with Crippen molar-refractivity contribution in [2.45, 2.75) is 46.2 Å². The summed E-state index contributed by atoms with van der Waals surface area (Å²) in [5.41, 5.74) is 1.27. The van der Waals surface area contributed by atoms with E-state index in [9.17, 15) is 0 Å². The van der Waals surface area contributed by atoms with Gasteiger partial charge in [0.1, 0.15) is 10.8 Å². The highest BCUT2D eigenvalue weighted by Crippen LogP contribution is 2.14. The number of thiazole rings is 1. The van der Waals surface area contributed by atoms with Crippen LogP contribution < -0.4 is 10.1 Å². The molecule has 4 heteroatoms. The van der Waals surface area contributed by atoms with E-state index in [-0.39, 0.29) is 0 Å². The predicted octanol–water partition coefficient (Wildman–Crippen LogP) is 4.31. The smallest absolute Gasteiger partial charge is 0.119 e. The Hall–Kier alpha value is -1.39. The molecule has 1 heterocycles. The fourth-order valence-electron chi connectivity index (χ4n) is 2.04. The van der Waals surface area contributed by atoms with E-state index in [1.807, 2.05) is 6.20 Å². The highest BCUT2D eigenvalue weighted by molar-refractivity contribution is 7.11. The Morgan fingerprint density at radius 2 is 1.95 bits per heavy atom. The second-order valence-corrected chi connectivity index (χ2v) is 6.49. The van der Waals surface area contributed by atoms with Crippen LogP contribution in [0.5, 0.6) is 5.75 Å². The van der Waals surface area contributed by atoms with Gasteiger partial charge in [-0.2, -0.15) is 0 Å². The molecule has 0 amide bonds. The van der Waals surface area contributed by atoms with Crippen molar-refractivity contribution in [2.24, 2.45) is 0 Å². The summed E-state index contributed by atoms with van der Waals surface area (Å²) in [6.07, 6.45) is 5.52. The maximum Gasteiger partial charge on any atom is 0.119 e. The number of unbranched alkanes of at least 4 members (excludes halogenated alkanes) is 2. The second kappa shape index (κ2) is 8.80. The van der Waals surface area contributed by atoms with Crippen LogP contribution in [-0.2, 0) is 13.1 Å². The molecule has 114 valence electrons. The van der Waals surface area contributed by atoms with Gasteiger partial charge in [-0.3, -0.25) is 0 Å². The second-order valence-electron chi connectivity index (χ2n) is 5.17. The summed E-state index contributed by atoms with van der Waals surface area (Å²) in [5, 5.41) is 4.56. The molecule has 0 aliphatic heterocycles. The van der Waals surface area contributed by atoms with Crippen LogP contribution in [0, 0.1) is 6.92 Å². The quantitative estimate of drug-likeness (QED) is 0.701. The van der Waals surface area contributed by atoms with Gasteiger partial charge in [-0.05, 0) is 31.0 Å². The third-order valence-electron chi connectivity index (χ3n) is 3.21. The average molecular weight is 304 g/mol.